The van der Waals surface area contributed by atoms with Gasteiger partial charge in [-0.1, -0.05) is 62.4 Å². The number of ether oxygens (including phenoxy) is 1. The topological polar surface area (TPSA) is 84.5 Å². The van der Waals surface area contributed by atoms with Gasteiger partial charge >= 0.3 is 12.0 Å². The van der Waals surface area contributed by atoms with Crippen LogP contribution in [0.5, 0.6) is 0 Å². The van der Waals surface area contributed by atoms with Crippen molar-refractivity contribution in [1.29, 1.82) is 0 Å². The highest BCUT2D eigenvalue weighted by Gasteiger charge is 2.44. The van der Waals surface area contributed by atoms with Gasteiger partial charge in [-0.2, -0.15) is 0 Å². The first-order valence-corrected chi connectivity index (χ1v) is 9.93. The summed E-state index contributed by atoms with van der Waals surface area (Å²) in [5, 5.41) is 5.07. The van der Waals surface area contributed by atoms with Gasteiger partial charge in [-0.15, -0.1) is 0 Å². The molecule has 3 rings (SSSR count). The van der Waals surface area contributed by atoms with E-state index in [-0.39, 0.29) is 12.0 Å². The van der Waals surface area contributed by atoms with E-state index in [9.17, 15) is 14.4 Å². The molecule has 6 nitrogen and oxygen atoms in total. The van der Waals surface area contributed by atoms with Gasteiger partial charge in [0.05, 0.1) is 5.41 Å². The zero-order chi connectivity index (χ0) is 19.1. The number of hydrogen-bond donors (Lipinski definition) is 2. The Kier molecular flexibility index (Phi) is 6.48. The molecule has 1 aromatic rings. The number of carbonyl (C=O) groups excluding carboxylic acids is 3. The molecule has 146 valence electrons. The van der Waals surface area contributed by atoms with E-state index in [1.807, 2.05) is 30.3 Å². The second kappa shape index (κ2) is 9.02. The Hall–Kier alpha value is -2.37. The normalized spacial score (nSPS) is 19.3. The first-order chi connectivity index (χ1) is 13.1. The van der Waals surface area contributed by atoms with E-state index in [1.54, 1.807) is 0 Å². The highest BCUT2D eigenvalue weighted by atomic mass is 16.5. The van der Waals surface area contributed by atoms with Crippen LogP contribution in [-0.4, -0.2) is 30.6 Å². The Morgan fingerprint density at radius 2 is 1.63 bits per heavy atom. The van der Waals surface area contributed by atoms with Gasteiger partial charge in [0.1, 0.15) is 0 Å². The molecule has 1 aromatic carbocycles. The molecule has 0 unspecified atom stereocenters. The van der Waals surface area contributed by atoms with Crippen LogP contribution in [0.4, 0.5) is 4.79 Å². The average Bonchev–Trinajstić information content (AvgIpc) is 3.19. The average molecular weight is 372 g/mol. The third-order valence-electron chi connectivity index (χ3n) is 5.70. The third kappa shape index (κ3) is 4.87. The molecule has 2 N–H and O–H groups in total. The second-order valence-corrected chi connectivity index (χ2v) is 7.59. The number of amides is 3. The highest BCUT2D eigenvalue weighted by Crippen LogP contribution is 2.42. The summed E-state index contributed by atoms with van der Waals surface area (Å²) < 4.78 is 5.31. The zero-order valence-corrected chi connectivity index (χ0v) is 15.7. The minimum atomic E-state index is -0.675. The van der Waals surface area contributed by atoms with Gasteiger partial charge in [0.15, 0.2) is 6.61 Å². The Balaban J connectivity index is 1.50. The summed E-state index contributed by atoms with van der Waals surface area (Å²) in [4.78, 5) is 36.7. The molecule has 0 radical (unpaired) electrons. The number of nitrogens with one attached hydrogen (secondary N) is 2. The molecule has 0 aliphatic heterocycles. The quantitative estimate of drug-likeness (QED) is 0.778. The van der Waals surface area contributed by atoms with E-state index >= 15 is 0 Å². The van der Waals surface area contributed by atoms with Gasteiger partial charge in [0, 0.05) is 6.04 Å². The molecule has 3 amide bonds. The molecule has 2 aliphatic rings. The lowest BCUT2D eigenvalue weighted by atomic mass is 9.79. The lowest BCUT2D eigenvalue weighted by Crippen LogP contribution is -2.46. The number of rotatable bonds is 5. The molecule has 6 heteroatoms. The van der Waals surface area contributed by atoms with Gasteiger partial charge in [-0.3, -0.25) is 14.9 Å². The van der Waals surface area contributed by atoms with E-state index in [0.717, 1.165) is 56.9 Å². The van der Waals surface area contributed by atoms with Crippen LogP contribution in [0.3, 0.4) is 0 Å². The fourth-order valence-corrected chi connectivity index (χ4v) is 4.25. The molecule has 0 bridgehead atoms. The fraction of sp³-hybridized carbons (Fsp3) is 0.571. The van der Waals surface area contributed by atoms with Crippen molar-refractivity contribution in [2.75, 3.05) is 6.61 Å². The Morgan fingerprint density at radius 3 is 2.30 bits per heavy atom. The molecular weight excluding hydrogens is 344 g/mol. The molecule has 2 aliphatic carbocycles. The smallest absolute Gasteiger partial charge is 0.321 e. The summed E-state index contributed by atoms with van der Waals surface area (Å²) in [5.74, 6) is -0.980. The van der Waals surface area contributed by atoms with Crippen molar-refractivity contribution in [3.63, 3.8) is 0 Å². The van der Waals surface area contributed by atoms with Crippen LogP contribution in [-0.2, 0) is 19.7 Å². The number of imide groups is 1. The number of carbonyl (C=O) groups is 3. The van der Waals surface area contributed by atoms with Crippen molar-refractivity contribution in [2.45, 2.75) is 69.2 Å². The highest BCUT2D eigenvalue weighted by molar-refractivity contribution is 5.96. The number of hydrogen-bond acceptors (Lipinski definition) is 4. The molecular formula is C21H28N2O4. The Morgan fingerprint density at radius 1 is 0.963 bits per heavy atom. The second-order valence-electron chi connectivity index (χ2n) is 7.59. The molecule has 0 saturated heterocycles. The standard InChI is InChI=1S/C21H28N2O4/c24-18(23-20(26)22-17-11-5-2-6-12-17)15-27-19(25)21(13-7-8-14-21)16-9-3-1-4-10-16/h1,3-4,9-10,17H,2,5-8,11-15H2,(H2,22,23,24,26). The molecule has 0 heterocycles. The Bertz CT molecular complexity index is 662. The third-order valence-corrected chi connectivity index (χ3v) is 5.70. The zero-order valence-electron chi connectivity index (χ0n) is 15.7. The van der Waals surface area contributed by atoms with Crippen molar-refractivity contribution >= 4 is 17.9 Å². The van der Waals surface area contributed by atoms with Gasteiger partial charge in [-0.25, -0.2) is 4.79 Å². The van der Waals surface area contributed by atoms with E-state index in [2.05, 4.69) is 10.6 Å². The van der Waals surface area contributed by atoms with Gasteiger partial charge in [0.2, 0.25) is 0 Å². The lowest BCUT2D eigenvalue weighted by molar-refractivity contribution is -0.154. The van der Waals surface area contributed by atoms with E-state index in [1.165, 1.54) is 6.42 Å². The van der Waals surface area contributed by atoms with Gasteiger partial charge in [0.25, 0.3) is 5.91 Å². The molecule has 0 atom stereocenters. The molecule has 2 fully saturated rings. The fourth-order valence-electron chi connectivity index (χ4n) is 4.25. The maximum absolute atomic E-state index is 12.8. The van der Waals surface area contributed by atoms with Gasteiger partial charge < -0.3 is 10.1 Å². The lowest BCUT2D eigenvalue weighted by Gasteiger charge is -2.27. The molecule has 2 saturated carbocycles. The van der Waals surface area contributed by atoms with Crippen LogP contribution in [0.1, 0.15) is 63.4 Å². The molecule has 0 spiro atoms. The predicted molar refractivity (Wildman–Crippen MR) is 101 cm³/mol. The number of urea groups is 1. The van der Waals surface area contributed by atoms with E-state index in [4.69, 9.17) is 4.74 Å². The van der Waals surface area contributed by atoms with Crippen LogP contribution in [0.15, 0.2) is 30.3 Å². The van der Waals surface area contributed by atoms with Crippen molar-refractivity contribution in [1.82, 2.24) is 10.6 Å². The molecule has 27 heavy (non-hydrogen) atoms. The monoisotopic (exact) mass is 372 g/mol. The summed E-state index contributed by atoms with van der Waals surface area (Å²) in [7, 11) is 0. The van der Waals surface area contributed by atoms with Crippen molar-refractivity contribution in [2.24, 2.45) is 0 Å². The minimum absolute atomic E-state index is 0.119. The van der Waals surface area contributed by atoms with Crippen molar-refractivity contribution in [3.05, 3.63) is 35.9 Å². The van der Waals surface area contributed by atoms with Crippen LogP contribution in [0.2, 0.25) is 0 Å². The van der Waals surface area contributed by atoms with E-state index in [0.29, 0.717) is 0 Å². The maximum atomic E-state index is 12.8. The summed E-state index contributed by atoms with van der Waals surface area (Å²) in [6, 6.07) is 9.20. The summed E-state index contributed by atoms with van der Waals surface area (Å²) in [6.45, 7) is -0.439. The van der Waals surface area contributed by atoms with Crippen molar-refractivity contribution < 1.29 is 19.1 Å². The van der Waals surface area contributed by atoms with Crippen LogP contribution < -0.4 is 10.6 Å². The maximum Gasteiger partial charge on any atom is 0.321 e. The van der Waals surface area contributed by atoms with Crippen LogP contribution in [0.25, 0.3) is 0 Å². The largest absolute Gasteiger partial charge is 0.455 e. The summed E-state index contributed by atoms with van der Waals surface area (Å²) in [6.07, 6.45) is 8.62. The summed E-state index contributed by atoms with van der Waals surface area (Å²) in [5.41, 5.74) is 0.259. The first-order valence-electron chi connectivity index (χ1n) is 9.93. The number of esters is 1. The van der Waals surface area contributed by atoms with Gasteiger partial charge in [-0.05, 0) is 31.2 Å². The summed E-state index contributed by atoms with van der Waals surface area (Å²) >= 11 is 0. The van der Waals surface area contributed by atoms with E-state index < -0.39 is 24.0 Å². The SMILES string of the molecule is O=C(COC(=O)C1(c2ccccc2)CCCC1)NC(=O)NC1CCCCC1. The van der Waals surface area contributed by atoms with Crippen LogP contribution in [0, 0.1) is 0 Å². The first kappa shape index (κ1) is 19.4. The Labute approximate surface area is 160 Å². The minimum Gasteiger partial charge on any atom is -0.455 e. The van der Waals surface area contributed by atoms with Crippen molar-refractivity contribution in [3.8, 4) is 0 Å². The number of benzene rings is 1. The van der Waals surface area contributed by atoms with Crippen LogP contribution >= 0.6 is 0 Å². The predicted octanol–water partition coefficient (Wildman–Crippen LogP) is 3.20. The molecule has 0 aromatic heterocycles.